The molecule has 0 spiro atoms. The molecule has 0 unspecified atom stereocenters. The van der Waals surface area contributed by atoms with Gasteiger partial charge < -0.3 is 19.9 Å². The number of anilines is 1. The van der Waals surface area contributed by atoms with Crippen molar-refractivity contribution in [1.29, 1.82) is 0 Å². The fraction of sp³-hybridized carbons (Fsp3) is 0.583. The van der Waals surface area contributed by atoms with Crippen LogP contribution in [0.2, 0.25) is 0 Å². The van der Waals surface area contributed by atoms with Crippen LogP contribution in [-0.2, 0) is 20.8 Å². The molecule has 5 nitrogen and oxygen atoms in total. The SMILES string of the molecule is COCCOCCCOCc1cccc(N)n1. The second-order valence-corrected chi connectivity index (χ2v) is 3.57. The number of nitrogen functional groups attached to an aromatic ring is 1. The third kappa shape index (κ3) is 6.88. The van der Waals surface area contributed by atoms with Crippen LogP contribution in [0.4, 0.5) is 5.82 Å². The molecule has 2 N–H and O–H groups in total. The lowest BCUT2D eigenvalue weighted by Crippen LogP contribution is -2.06. The highest BCUT2D eigenvalue weighted by molar-refractivity contribution is 5.28. The van der Waals surface area contributed by atoms with Crippen LogP contribution in [-0.4, -0.2) is 38.5 Å². The Balaban J connectivity index is 1.97. The first-order valence-corrected chi connectivity index (χ1v) is 5.69. The van der Waals surface area contributed by atoms with Gasteiger partial charge in [-0.2, -0.15) is 0 Å². The topological polar surface area (TPSA) is 66.6 Å². The molecule has 0 saturated carbocycles. The molecule has 0 aliphatic rings. The second-order valence-electron chi connectivity index (χ2n) is 3.57. The van der Waals surface area contributed by atoms with Gasteiger partial charge in [0.25, 0.3) is 0 Å². The highest BCUT2D eigenvalue weighted by Crippen LogP contribution is 2.02. The van der Waals surface area contributed by atoms with Gasteiger partial charge in [-0.05, 0) is 18.6 Å². The van der Waals surface area contributed by atoms with Crippen molar-refractivity contribution in [2.75, 3.05) is 39.3 Å². The molecule has 0 fully saturated rings. The Labute approximate surface area is 102 Å². The van der Waals surface area contributed by atoms with Crippen LogP contribution in [0.15, 0.2) is 18.2 Å². The molecule has 0 saturated heterocycles. The third-order valence-corrected chi connectivity index (χ3v) is 2.09. The van der Waals surface area contributed by atoms with Gasteiger partial charge in [-0.3, -0.25) is 0 Å². The number of hydrogen-bond donors (Lipinski definition) is 1. The molecule has 0 bridgehead atoms. The van der Waals surface area contributed by atoms with Gasteiger partial charge in [-0.1, -0.05) is 6.07 Å². The number of ether oxygens (including phenoxy) is 3. The Hall–Kier alpha value is -1.17. The lowest BCUT2D eigenvalue weighted by Gasteiger charge is -2.05. The predicted molar refractivity (Wildman–Crippen MR) is 65.6 cm³/mol. The average Bonchev–Trinajstić information content (AvgIpc) is 2.33. The first-order valence-electron chi connectivity index (χ1n) is 5.69. The normalized spacial score (nSPS) is 10.6. The summed E-state index contributed by atoms with van der Waals surface area (Å²) in [5.74, 6) is 0.522. The maximum absolute atomic E-state index is 5.56. The molecule has 5 heteroatoms. The second kappa shape index (κ2) is 8.92. The van der Waals surface area contributed by atoms with Gasteiger partial charge in [-0.15, -0.1) is 0 Å². The van der Waals surface area contributed by atoms with E-state index in [1.54, 1.807) is 13.2 Å². The van der Waals surface area contributed by atoms with Crippen molar-refractivity contribution in [1.82, 2.24) is 4.98 Å². The van der Waals surface area contributed by atoms with E-state index in [0.717, 1.165) is 12.1 Å². The number of hydrogen-bond acceptors (Lipinski definition) is 5. The molecule has 96 valence electrons. The van der Waals surface area contributed by atoms with Crippen molar-refractivity contribution < 1.29 is 14.2 Å². The standard InChI is InChI=1S/C12H20N2O3/c1-15-8-9-16-6-3-7-17-10-11-4-2-5-12(13)14-11/h2,4-5H,3,6-10H2,1H3,(H2,13,14). The zero-order valence-electron chi connectivity index (χ0n) is 10.2. The van der Waals surface area contributed by atoms with E-state index in [9.17, 15) is 0 Å². The molecule has 0 amide bonds. The lowest BCUT2D eigenvalue weighted by atomic mass is 10.3. The molecular formula is C12H20N2O3. The van der Waals surface area contributed by atoms with Crippen molar-refractivity contribution in [2.45, 2.75) is 13.0 Å². The van der Waals surface area contributed by atoms with Gasteiger partial charge in [0.1, 0.15) is 5.82 Å². The number of methoxy groups -OCH3 is 1. The Morgan fingerprint density at radius 3 is 2.71 bits per heavy atom. The number of pyridine rings is 1. The maximum atomic E-state index is 5.56. The molecule has 0 aliphatic carbocycles. The number of rotatable bonds is 9. The molecule has 17 heavy (non-hydrogen) atoms. The summed E-state index contributed by atoms with van der Waals surface area (Å²) in [7, 11) is 1.66. The van der Waals surface area contributed by atoms with E-state index in [1.165, 1.54) is 0 Å². The number of aromatic nitrogens is 1. The van der Waals surface area contributed by atoms with E-state index in [0.29, 0.717) is 38.9 Å². The van der Waals surface area contributed by atoms with Crippen molar-refractivity contribution >= 4 is 5.82 Å². The maximum Gasteiger partial charge on any atom is 0.123 e. The predicted octanol–water partition coefficient (Wildman–Crippen LogP) is 1.23. The minimum absolute atomic E-state index is 0.489. The molecule has 0 aliphatic heterocycles. The van der Waals surface area contributed by atoms with Gasteiger partial charge in [-0.25, -0.2) is 4.98 Å². The first-order chi connectivity index (χ1) is 8.33. The molecule has 1 aromatic rings. The smallest absolute Gasteiger partial charge is 0.123 e. The van der Waals surface area contributed by atoms with Crippen LogP contribution in [0.5, 0.6) is 0 Å². The van der Waals surface area contributed by atoms with Gasteiger partial charge >= 0.3 is 0 Å². The lowest BCUT2D eigenvalue weighted by molar-refractivity contribution is 0.0478. The van der Waals surface area contributed by atoms with Crippen molar-refractivity contribution in [2.24, 2.45) is 0 Å². The van der Waals surface area contributed by atoms with E-state index in [4.69, 9.17) is 19.9 Å². The van der Waals surface area contributed by atoms with E-state index < -0.39 is 0 Å². The summed E-state index contributed by atoms with van der Waals surface area (Å²) in [6.45, 7) is 3.10. The summed E-state index contributed by atoms with van der Waals surface area (Å²) < 4.78 is 15.6. The van der Waals surface area contributed by atoms with Crippen molar-refractivity contribution in [3.63, 3.8) is 0 Å². The molecule has 1 aromatic heterocycles. The van der Waals surface area contributed by atoms with Gasteiger partial charge in [0, 0.05) is 20.3 Å². The van der Waals surface area contributed by atoms with Crippen LogP contribution in [0.25, 0.3) is 0 Å². The largest absolute Gasteiger partial charge is 0.384 e. The Morgan fingerprint density at radius 1 is 1.12 bits per heavy atom. The quantitative estimate of drug-likeness (QED) is 0.658. The summed E-state index contributed by atoms with van der Waals surface area (Å²) in [5.41, 5.74) is 6.41. The van der Waals surface area contributed by atoms with Crippen LogP contribution < -0.4 is 5.73 Å². The van der Waals surface area contributed by atoms with E-state index in [2.05, 4.69) is 4.98 Å². The fourth-order valence-corrected chi connectivity index (χ4v) is 1.26. The average molecular weight is 240 g/mol. The third-order valence-electron chi connectivity index (χ3n) is 2.09. The molecular weight excluding hydrogens is 220 g/mol. The van der Waals surface area contributed by atoms with Crippen LogP contribution in [0, 0.1) is 0 Å². The Kier molecular flexibility index (Phi) is 7.29. The minimum Gasteiger partial charge on any atom is -0.384 e. The van der Waals surface area contributed by atoms with Crippen molar-refractivity contribution in [3.8, 4) is 0 Å². The van der Waals surface area contributed by atoms with E-state index in [-0.39, 0.29) is 0 Å². The Bertz CT molecular complexity index is 308. The Morgan fingerprint density at radius 2 is 1.94 bits per heavy atom. The highest BCUT2D eigenvalue weighted by atomic mass is 16.5. The fourth-order valence-electron chi connectivity index (χ4n) is 1.26. The zero-order chi connectivity index (χ0) is 12.3. The van der Waals surface area contributed by atoms with E-state index in [1.807, 2.05) is 12.1 Å². The number of nitrogens with two attached hydrogens (primary N) is 1. The zero-order valence-corrected chi connectivity index (χ0v) is 10.2. The highest BCUT2D eigenvalue weighted by Gasteiger charge is 1.95. The van der Waals surface area contributed by atoms with Crippen LogP contribution in [0.3, 0.4) is 0 Å². The minimum atomic E-state index is 0.489. The summed E-state index contributed by atoms with van der Waals surface area (Å²) in [6.07, 6.45) is 0.867. The first kappa shape index (κ1) is 13.9. The summed E-state index contributed by atoms with van der Waals surface area (Å²) in [6, 6.07) is 5.52. The van der Waals surface area contributed by atoms with Crippen molar-refractivity contribution in [3.05, 3.63) is 23.9 Å². The van der Waals surface area contributed by atoms with E-state index >= 15 is 0 Å². The summed E-state index contributed by atoms with van der Waals surface area (Å²) >= 11 is 0. The molecule has 1 heterocycles. The van der Waals surface area contributed by atoms with Gasteiger partial charge in [0.05, 0.1) is 25.5 Å². The van der Waals surface area contributed by atoms with Crippen LogP contribution in [0.1, 0.15) is 12.1 Å². The van der Waals surface area contributed by atoms with Gasteiger partial charge in [0.15, 0.2) is 0 Å². The molecule has 0 radical (unpaired) electrons. The summed E-state index contributed by atoms with van der Waals surface area (Å²) in [4.78, 5) is 4.14. The molecule has 0 atom stereocenters. The summed E-state index contributed by atoms with van der Waals surface area (Å²) in [5, 5.41) is 0. The monoisotopic (exact) mass is 240 g/mol. The molecule has 1 rings (SSSR count). The molecule has 0 aromatic carbocycles. The van der Waals surface area contributed by atoms with Crippen LogP contribution >= 0.6 is 0 Å². The van der Waals surface area contributed by atoms with Gasteiger partial charge in [0.2, 0.25) is 0 Å². The number of nitrogens with zero attached hydrogens (tertiary/aromatic N) is 1.